The highest BCUT2D eigenvalue weighted by molar-refractivity contribution is 7.98. The molecule has 0 heterocycles. The summed E-state index contributed by atoms with van der Waals surface area (Å²) < 4.78 is 4.32. The highest BCUT2D eigenvalue weighted by Gasteiger charge is 2.17. The van der Waals surface area contributed by atoms with Crippen LogP contribution >= 0.6 is 11.8 Å². The zero-order valence-corrected chi connectivity index (χ0v) is 12.0. The number of aliphatic carboxylic acids is 1. The van der Waals surface area contributed by atoms with Crippen molar-refractivity contribution < 1.29 is 29.3 Å². The number of carbonyl (C=O) groups is 3. The maximum atomic E-state index is 11.0. The Morgan fingerprint density at radius 1 is 1.25 bits per heavy atom. The van der Waals surface area contributed by atoms with Gasteiger partial charge in [-0.25, -0.2) is 4.79 Å². The van der Waals surface area contributed by atoms with Crippen LogP contribution in [0.15, 0.2) is 0 Å². The standard InChI is InChI=1S/C7H14N2O3S.C3H7NO3/c1-13-3-2-5(9)7(11)12-6(10)4-8;4-2(1-5)3(6)7/h5H,2-4,8-9H2,1H3;2,5H,1,4H2,(H,6,7)/t5-;2-/m00/s1. The molecule has 0 aliphatic rings. The molecule has 10 heteroatoms. The summed E-state index contributed by atoms with van der Waals surface area (Å²) in [6.07, 6.45) is 2.40. The zero-order chi connectivity index (χ0) is 16.1. The van der Waals surface area contributed by atoms with Crippen LogP contribution in [0.3, 0.4) is 0 Å². The number of ether oxygens (including phenoxy) is 1. The van der Waals surface area contributed by atoms with Crippen LogP contribution in [0, 0.1) is 0 Å². The van der Waals surface area contributed by atoms with Gasteiger partial charge < -0.3 is 32.2 Å². The van der Waals surface area contributed by atoms with E-state index in [2.05, 4.69) is 4.74 Å². The molecule has 2 atom stereocenters. The molecule has 0 spiro atoms. The Labute approximate surface area is 120 Å². The third-order valence-corrected chi connectivity index (χ3v) is 2.47. The molecule has 8 N–H and O–H groups in total. The molecule has 0 aromatic rings. The number of hydrogen-bond acceptors (Lipinski definition) is 9. The summed E-state index contributed by atoms with van der Waals surface area (Å²) in [4.78, 5) is 31.2. The molecular formula is C10H21N3O6S. The monoisotopic (exact) mass is 311 g/mol. The molecule has 0 bridgehead atoms. The molecule has 0 radical (unpaired) electrons. The fourth-order valence-electron chi connectivity index (χ4n) is 0.670. The normalized spacial score (nSPS) is 12.7. The molecule has 0 unspecified atom stereocenters. The fraction of sp³-hybridized carbons (Fsp3) is 0.700. The van der Waals surface area contributed by atoms with Crippen LogP contribution in [0.2, 0.25) is 0 Å². The zero-order valence-electron chi connectivity index (χ0n) is 11.2. The molecule has 0 aliphatic carbocycles. The van der Waals surface area contributed by atoms with Crippen molar-refractivity contribution in [1.82, 2.24) is 0 Å². The molecule has 0 fully saturated rings. The van der Waals surface area contributed by atoms with Crippen LogP contribution in [0.5, 0.6) is 0 Å². The van der Waals surface area contributed by atoms with Crippen molar-refractivity contribution in [3.63, 3.8) is 0 Å². The van der Waals surface area contributed by atoms with E-state index in [-0.39, 0.29) is 6.54 Å². The van der Waals surface area contributed by atoms with Crippen molar-refractivity contribution in [2.75, 3.05) is 25.2 Å². The third kappa shape index (κ3) is 11.9. The topological polar surface area (TPSA) is 179 Å². The van der Waals surface area contributed by atoms with Gasteiger partial charge in [-0.2, -0.15) is 11.8 Å². The summed E-state index contributed by atoms with van der Waals surface area (Å²) in [5, 5.41) is 15.9. The van der Waals surface area contributed by atoms with E-state index in [0.717, 1.165) is 5.75 Å². The van der Waals surface area contributed by atoms with Gasteiger partial charge in [0, 0.05) is 0 Å². The van der Waals surface area contributed by atoms with Gasteiger partial charge in [0.15, 0.2) is 0 Å². The minimum atomic E-state index is -1.18. The molecule has 118 valence electrons. The van der Waals surface area contributed by atoms with Gasteiger partial charge in [0.25, 0.3) is 0 Å². The molecule has 20 heavy (non-hydrogen) atoms. The van der Waals surface area contributed by atoms with E-state index >= 15 is 0 Å². The molecular weight excluding hydrogens is 290 g/mol. The lowest BCUT2D eigenvalue weighted by Gasteiger charge is -2.08. The lowest BCUT2D eigenvalue weighted by atomic mass is 10.2. The summed E-state index contributed by atoms with van der Waals surface area (Å²) in [5.74, 6) is -1.87. The fourth-order valence-corrected chi connectivity index (χ4v) is 1.16. The highest BCUT2D eigenvalue weighted by atomic mass is 32.2. The predicted octanol–water partition coefficient (Wildman–Crippen LogP) is -2.51. The number of carbonyl (C=O) groups excluding carboxylic acids is 2. The van der Waals surface area contributed by atoms with Crippen LogP contribution in [-0.4, -0.2) is 65.4 Å². The van der Waals surface area contributed by atoms with Crippen molar-refractivity contribution in [2.24, 2.45) is 17.2 Å². The van der Waals surface area contributed by atoms with Crippen molar-refractivity contribution >= 4 is 29.7 Å². The van der Waals surface area contributed by atoms with Gasteiger partial charge in [-0.15, -0.1) is 0 Å². The Hall–Kier alpha value is -1.20. The summed E-state index contributed by atoms with van der Waals surface area (Å²) >= 11 is 1.57. The quantitative estimate of drug-likeness (QED) is 0.249. The second kappa shape index (κ2) is 12.8. The lowest BCUT2D eigenvalue weighted by Crippen LogP contribution is -2.35. The number of carboxylic acid groups (broad SMARTS) is 1. The SMILES string of the molecule is CSCC[C@H](N)C(=O)OC(=O)CN.N[C@@H](CO)C(=O)O. The summed E-state index contributed by atoms with van der Waals surface area (Å²) in [7, 11) is 0. The van der Waals surface area contributed by atoms with Gasteiger partial charge in [0.1, 0.15) is 12.1 Å². The average molecular weight is 311 g/mol. The van der Waals surface area contributed by atoms with Crippen LogP contribution < -0.4 is 17.2 Å². The molecule has 0 saturated heterocycles. The molecule has 0 aliphatic heterocycles. The van der Waals surface area contributed by atoms with Gasteiger partial charge in [-0.1, -0.05) is 0 Å². The van der Waals surface area contributed by atoms with E-state index in [4.69, 9.17) is 27.4 Å². The second-order valence-electron chi connectivity index (χ2n) is 3.51. The number of esters is 2. The van der Waals surface area contributed by atoms with Crippen LogP contribution in [0.25, 0.3) is 0 Å². The molecule has 0 amide bonds. The number of rotatable bonds is 7. The Morgan fingerprint density at radius 2 is 1.80 bits per heavy atom. The Bertz CT molecular complexity index is 315. The third-order valence-electron chi connectivity index (χ3n) is 1.83. The number of aliphatic hydroxyl groups excluding tert-OH is 1. The summed E-state index contributed by atoms with van der Waals surface area (Å²) in [5.41, 5.74) is 15.1. The second-order valence-corrected chi connectivity index (χ2v) is 4.50. The summed E-state index contributed by atoms with van der Waals surface area (Å²) in [6.45, 7) is -0.809. The Morgan fingerprint density at radius 3 is 2.10 bits per heavy atom. The van der Waals surface area contributed by atoms with Crippen molar-refractivity contribution in [3.05, 3.63) is 0 Å². The maximum absolute atomic E-state index is 11.0. The molecule has 9 nitrogen and oxygen atoms in total. The maximum Gasteiger partial charge on any atom is 0.330 e. The molecule has 0 aromatic carbocycles. The first kappa shape index (κ1) is 21.1. The Balaban J connectivity index is 0. The minimum absolute atomic E-state index is 0.305. The van der Waals surface area contributed by atoms with E-state index in [1.807, 2.05) is 6.26 Å². The first-order valence-corrected chi connectivity index (χ1v) is 6.97. The number of hydrogen-bond donors (Lipinski definition) is 5. The van der Waals surface area contributed by atoms with Crippen molar-refractivity contribution in [3.8, 4) is 0 Å². The van der Waals surface area contributed by atoms with Gasteiger partial charge in [-0.3, -0.25) is 9.59 Å². The summed E-state index contributed by atoms with van der Waals surface area (Å²) in [6, 6.07) is -1.86. The first-order chi connectivity index (χ1) is 9.29. The predicted molar refractivity (Wildman–Crippen MR) is 73.8 cm³/mol. The van der Waals surface area contributed by atoms with Crippen molar-refractivity contribution in [1.29, 1.82) is 0 Å². The number of aliphatic hydroxyl groups is 1. The molecule has 0 rings (SSSR count). The van der Waals surface area contributed by atoms with E-state index < -0.39 is 36.6 Å². The van der Waals surface area contributed by atoms with Crippen LogP contribution in [0.1, 0.15) is 6.42 Å². The Kier molecular flexibility index (Phi) is 13.5. The first-order valence-electron chi connectivity index (χ1n) is 5.58. The van der Waals surface area contributed by atoms with Crippen LogP contribution in [0.4, 0.5) is 0 Å². The van der Waals surface area contributed by atoms with Crippen LogP contribution in [-0.2, 0) is 19.1 Å². The molecule has 0 aromatic heterocycles. The lowest BCUT2D eigenvalue weighted by molar-refractivity contribution is -0.159. The number of carboxylic acids is 1. The number of nitrogens with two attached hydrogens (primary N) is 3. The number of thioether (sulfide) groups is 1. The smallest absolute Gasteiger partial charge is 0.330 e. The van der Waals surface area contributed by atoms with E-state index in [0.29, 0.717) is 6.42 Å². The van der Waals surface area contributed by atoms with E-state index in [1.54, 1.807) is 11.8 Å². The van der Waals surface area contributed by atoms with E-state index in [1.165, 1.54) is 0 Å². The van der Waals surface area contributed by atoms with E-state index in [9.17, 15) is 14.4 Å². The largest absolute Gasteiger partial charge is 0.480 e. The van der Waals surface area contributed by atoms with Gasteiger partial charge in [-0.05, 0) is 18.4 Å². The van der Waals surface area contributed by atoms with Crippen molar-refractivity contribution in [2.45, 2.75) is 18.5 Å². The van der Waals surface area contributed by atoms with Gasteiger partial charge >= 0.3 is 17.9 Å². The molecule has 0 saturated carbocycles. The average Bonchev–Trinajstić information content (AvgIpc) is 2.43. The van der Waals surface area contributed by atoms with Gasteiger partial charge in [0.05, 0.1) is 13.2 Å². The van der Waals surface area contributed by atoms with Gasteiger partial charge in [0.2, 0.25) is 0 Å². The minimum Gasteiger partial charge on any atom is -0.480 e. The highest BCUT2D eigenvalue weighted by Crippen LogP contribution is 2.00.